The van der Waals surface area contributed by atoms with E-state index < -0.39 is 23.0 Å². The van der Waals surface area contributed by atoms with E-state index in [9.17, 15) is 9.90 Å². The number of hydrogen-bond donors (Lipinski definition) is 1. The van der Waals surface area contributed by atoms with Gasteiger partial charge in [-0.25, -0.2) is 0 Å². The molecule has 0 bridgehead atoms. The number of carbonyl (C=O) groups excluding carboxylic acids is 1. The Morgan fingerprint density at radius 2 is 0.959 bits per heavy atom. The van der Waals surface area contributed by atoms with Gasteiger partial charge in [0.05, 0.1) is 97.6 Å². The van der Waals surface area contributed by atoms with Crippen molar-refractivity contribution in [2.75, 3.05) is 109 Å². The number of esters is 1. The van der Waals surface area contributed by atoms with Gasteiger partial charge in [0.25, 0.3) is 0 Å². The Labute approximate surface area is 642 Å². The summed E-state index contributed by atoms with van der Waals surface area (Å²) < 4.78 is 81.2. The number of benzene rings is 4. The second kappa shape index (κ2) is 59.8. The van der Waals surface area contributed by atoms with Crippen molar-refractivity contribution in [3.8, 4) is 11.5 Å². The molecule has 0 saturated carbocycles. The van der Waals surface area contributed by atoms with Crippen LogP contribution in [0.4, 0.5) is 0 Å². The molecule has 0 heterocycles. The number of rotatable bonds is 46. The Hall–Kier alpha value is -2.52. The van der Waals surface area contributed by atoms with E-state index >= 15 is 0 Å². The van der Waals surface area contributed by atoms with Crippen molar-refractivity contribution in [2.45, 2.75) is 189 Å². The monoisotopic (exact) mass is 1550 g/mol. The van der Waals surface area contributed by atoms with E-state index in [1.165, 1.54) is 0 Å². The van der Waals surface area contributed by atoms with Gasteiger partial charge in [-0.1, -0.05) is 148 Å². The quantitative estimate of drug-likeness (QED) is 0.0146. The molecule has 0 aromatic heterocycles. The van der Waals surface area contributed by atoms with Crippen LogP contribution in [0.2, 0.25) is 0 Å². The molecule has 16 nitrogen and oxygen atoms in total. The minimum absolute atomic E-state index is 0. The SMILES string of the molecule is C.CCC(=O)O[C@@H](C[C@@H](C[C@H](OCc1ccc(OC)cc1)/C(C)=C\[C@@H](CC)COCOCCOC)OC)C(C)(C)c1cccc(Br)c1.CCOCC.CC[C@H](/C=C(/C)[C@H](C[C@H](C[C@H](O)C(C)(C)c1cccc(Br)c1)OC)OCc1ccc(OC)cc1)COCOCCOC.S=S.[AlH3].[H-].[Li+]. The van der Waals surface area contributed by atoms with Gasteiger partial charge in [0.15, 0.2) is 17.4 Å². The molecule has 4 rings (SSSR count). The summed E-state index contributed by atoms with van der Waals surface area (Å²) >= 11 is 14.5. The largest absolute Gasteiger partial charge is 1.00 e. The van der Waals surface area contributed by atoms with Gasteiger partial charge in [-0.05, 0) is 122 Å². The molecule has 0 unspecified atom stereocenters. The molecule has 1 N–H and O–H groups in total. The van der Waals surface area contributed by atoms with Gasteiger partial charge < -0.3 is 72.8 Å². The average molecular weight is 1550 g/mol. The predicted molar refractivity (Wildman–Crippen MR) is 411 cm³/mol. The molecule has 4 aromatic carbocycles. The Kier molecular flexibility index (Phi) is 60.8. The Bertz CT molecular complexity index is 2670. The van der Waals surface area contributed by atoms with Crippen LogP contribution >= 0.6 is 31.9 Å². The van der Waals surface area contributed by atoms with Crippen molar-refractivity contribution in [1.29, 1.82) is 0 Å². The van der Waals surface area contributed by atoms with E-state index in [4.69, 9.17) is 66.3 Å². The third-order valence-corrected chi connectivity index (χ3v) is 17.5. The topological polar surface area (TPSA) is 167 Å². The zero-order valence-corrected chi connectivity index (χ0v) is 65.9. The molecular formula is C76H124AlBr2LiO16S2. The normalized spacial score (nSPS) is 14.0. The zero-order valence-electron chi connectivity index (χ0n) is 62.1. The molecule has 0 saturated heterocycles. The summed E-state index contributed by atoms with van der Waals surface area (Å²) in [5, 5.41) is 11.4. The van der Waals surface area contributed by atoms with Crippen molar-refractivity contribution in [3.63, 3.8) is 0 Å². The average Bonchev–Trinajstić information content (AvgIpc) is 0.817. The van der Waals surface area contributed by atoms with E-state index in [-0.39, 0.29) is 101 Å². The van der Waals surface area contributed by atoms with Crippen LogP contribution in [0, 0.1) is 11.8 Å². The fourth-order valence-electron chi connectivity index (χ4n) is 9.98. The van der Waals surface area contributed by atoms with Gasteiger partial charge in [0.2, 0.25) is 0 Å². The standard InChI is InChI=1S/C37H55BrO8.C34H51BrO7.C4H10O.CH4.Al.Li.S2.4H/c1-9-28(24-44-26-43-19-18-40-6)20-27(3)34(45-25-29-14-16-32(41-7)17-15-29)22-33(42-8)23-35(46-36(39)10-2)37(4,5)30-12-11-13-31(38)21-30;1-8-26(22-41-24-40-17-16-37-5)18-25(2)32(42-23-27-12-14-30(38-6)15-13-27)20-31(39-7)21-33(36)34(3,4)28-10-9-11-29(35)19-28;1-3-5-4-2;;;;1-2;;;;/h11-17,20-21,28,33-35H,9-10,18-19,22-26H2,1-8H3;9-15,18-19,26,31-33,36H,8,16-17,20-24H2,1-7H3;3-4H2,1-2H3;1H4;;;;;;;/q;;;;;+1;;;;;-1/b27-20-;25-18-;;;;;;;;;/t28-,33-,34+,35+;26-,31-,32+,33+;;;;;;;;;/m11........./s1. The minimum atomic E-state index is -0.613. The van der Waals surface area contributed by atoms with E-state index in [1.807, 2.05) is 93.6 Å². The van der Waals surface area contributed by atoms with Gasteiger partial charge in [0, 0.05) is 128 Å². The number of aliphatic hydroxyl groups is 1. The van der Waals surface area contributed by atoms with Gasteiger partial charge in [0.1, 0.15) is 31.2 Å². The molecule has 4 aromatic rings. The molecule has 0 fully saturated rings. The van der Waals surface area contributed by atoms with E-state index in [1.54, 1.807) is 42.7 Å². The van der Waals surface area contributed by atoms with Crippen molar-refractivity contribution in [3.05, 3.63) is 152 Å². The van der Waals surface area contributed by atoms with Crippen LogP contribution in [-0.2, 0) is 108 Å². The van der Waals surface area contributed by atoms with E-state index in [2.05, 4.69) is 146 Å². The number of aliphatic hydroxyl groups excluding tert-OH is 1. The van der Waals surface area contributed by atoms with Crippen LogP contribution in [0.15, 0.2) is 129 Å². The fourth-order valence-corrected chi connectivity index (χ4v) is 10.8. The molecule has 22 heteroatoms. The van der Waals surface area contributed by atoms with Gasteiger partial charge in [-0.2, -0.15) is 0 Å². The smallest absolute Gasteiger partial charge is 1.00 e. The fraction of sp³-hybridized carbons (Fsp3) is 0.618. The van der Waals surface area contributed by atoms with Crippen molar-refractivity contribution < 1.29 is 96.5 Å². The first kappa shape index (κ1) is 99.7. The van der Waals surface area contributed by atoms with Gasteiger partial charge >= 0.3 is 24.8 Å². The Morgan fingerprint density at radius 3 is 1.30 bits per heavy atom. The summed E-state index contributed by atoms with van der Waals surface area (Å²) in [6.45, 7) is 28.8. The van der Waals surface area contributed by atoms with Crippen LogP contribution in [0.3, 0.4) is 0 Å². The molecule has 0 aliphatic carbocycles. The second-order valence-corrected chi connectivity index (χ2v) is 25.8. The summed E-state index contributed by atoms with van der Waals surface area (Å²) in [5.74, 6) is 1.78. The van der Waals surface area contributed by atoms with Crippen molar-refractivity contribution >= 4 is 77.6 Å². The first-order valence-corrected chi connectivity index (χ1v) is 35.9. The molecule has 8 atom stereocenters. The Morgan fingerprint density at radius 1 is 0.561 bits per heavy atom. The van der Waals surface area contributed by atoms with Crippen LogP contribution in [0.1, 0.15) is 152 Å². The van der Waals surface area contributed by atoms with Crippen LogP contribution in [-0.4, -0.2) is 174 Å². The molecule has 0 amide bonds. The predicted octanol–water partition coefficient (Wildman–Crippen LogP) is 12.7. The maximum Gasteiger partial charge on any atom is 1.00 e. The number of methoxy groups -OCH3 is 6. The van der Waals surface area contributed by atoms with E-state index in [0.717, 1.165) is 79.9 Å². The third-order valence-electron chi connectivity index (χ3n) is 16.5. The van der Waals surface area contributed by atoms with Gasteiger partial charge in [-0.15, -0.1) is 0 Å². The first-order chi connectivity index (χ1) is 45.6. The van der Waals surface area contributed by atoms with Crippen LogP contribution in [0.5, 0.6) is 11.5 Å². The second-order valence-electron chi connectivity index (χ2n) is 24.0. The molecule has 0 aliphatic rings. The molecule has 0 radical (unpaired) electrons. The number of ether oxygens (including phenoxy) is 14. The third kappa shape index (κ3) is 41.1. The van der Waals surface area contributed by atoms with Gasteiger partial charge in [-0.3, -0.25) is 4.79 Å². The number of hydrogen-bond acceptors (Lipinski definition) is 18. The molecule has 0 spiro atoms. The molecule has 554 valence electrons. The van der Waals surface area contributed by atoms with E-state index in [0.29, 0.717) is 85.0 Å². The van der Waals surface area contributed by atoms with Crippen LogP contribution < -0.4 is 28.3 Å². The summed E-state index contributed by atoms with van der Waals surface area (Å²) in [5.41, 5.74) is 5.53. The van der Waals surface area contributed by atoms with Crippen molar-refractivity contribution in [2.24, 2.45) is 11.8 Å². The zero-order chi connectivity index (χ0) is 71.0. The number of halogens is 2. The van der Waals surface area contributed by atoms with Crippen molar-refractivity contribution in [1.82, 2.24) is 0 Å². The summed E-state index contributed by atoms with van der Waals surface area (Å²) in [7, 11) is 10.0. The van der Waals surface area contributed by atoms with Crippen LogP contribution in [0.25, 0.3) is 0 Å². The molecule has 0 aliphatic heterocycles. The minimum Gasteiger partial charge on any atom is -1.00 e. The molecular weight excluding hydrogens is 1430 g/mol. The molecule has 98 heavy (non-hydrogen) atoms. The maximum atomic E-state index is 12.6. The summed E-state index contributed by atoms with van der Waals surface area (Å²) in [4.78, 5) is 12.6. The summed E-state index contributed by atoms with van der Waals surface area (Å²) in [6.07, 6.45) is 6.87. The number of carbonyl (C=O) groups is 1. The first-order valence-electron chi connectivity index (χ1n) is 33.0. The maximum absolute atomic E-state index is 12.6. The summed E-state index contributed by atoms with van der Waals surface area (Å²) in [6, 6.07) is 32.1. The Balaban J connectivity index is -0.000000805.